The van der Waals surface area contributed by atoms with Crippen molar-refractivity contribution in [3.05, 3.63) is 47.9 Å². The lowest BCUT2D eigenvalue weighted by Crippen LogP contribution is -2.45. The van der Waals surface area contributed by atoms with Crippen molar-refractivity contribution in [2.24, 2.45) is 5.92 Å². The number of hydrogen-bond acceptors (Lipinski definition) is 8. The maximum absolute atomic E-state index is 13.2. The lowest BCUT2D eigenvalue weighted by atomic mass is 10.2. The lowest BCUT2D eigenvalue weighted by molar-refractivity contribution is 0.0322. The van der Waals surface area contributed by atoms with Crippen LogP contribution in [-0.2, 0) is 4.74 Å². The van der Waals surface area contributed by atoms with E-state index >= 15 is 0 Å². The van der Waals surface area contributed by atoms with Crippen molar-refractivity contribution in [2.75, 3.05) is 51.0 Å². The van der Waals surface area contributed by atoms with Gasteiger partial charge in [0.2, 0.25) is 5.82 Å². The number of morpholine rings is 1. The van der Waals surface area contributed by atoms with Crippen molar-refractivity contribution in [2.45, 2.75) is 13.8 Å². The molecule has 0 radical (unpaired) electrons. The number of nitrogens with one attached hydrogen (secondary N) is 1. The molecule has 0 atom stereocenters. The fraction of sp³-hybridized carbons (Fsp3) is 0.455. The Morgan fingerprint density at radius 1 is 1.29 bits per heavy atom. The van der Waals surface area contributed by atoms with E-state index in [1.165, 1.54) is 11.2 Å². The molecule has 1 N–H and O–H groups in total. The van der Waals surface area contributed by atoms with E-state index in [4.69, 9.17) is 14.7 Å². The van der Waals surface area contributed by atoms with Crippen LogP contribution in [0.1, 0.15) is 30.0 Å². The number of anilines is 1. The molecular formula is C22H28N6O3. The number of carbonyl (C=O) groups excluding carboxylic acids is 1. The highest BCUT2D eigenvalue weighted by Gasteiger charge is 2.20. The summed E-state index contributed by atoms with van der Waals surface area (Å²) in [6, 6.07) is 10.5. The van der Waals surface area contributed by atoms with Crippen molar-refractivity contribution >= 4 is 11.7 Å². The van der Waals surface area contributed by atoms with Gasteiger partial charge >= 0.3 is 0 Å². The number of nitriles is 1. The molecule has 1 aliphatic heterocycles. The molecular weight excluding hydrogens is 396 g/mol. The monoisotopic (exact) mass is 424 g/mol. The number of benzene rings is 1. The van der Waals surface area contributed by atoms with Crippen LogP contribution in [0.4, 0.5) is 5.82 Å². The standard InChI is InChI=1S/C22H28N6O3/c1-17(2)16-25-28(21-7-8-24-20(15-23)26-21)22(29)18-3-5-19(6-4-18)31-14-11-27-9-12-30-13-10-27/h3-8,17,25H,9-14,16H2,1-2H3. The highest BCUT2D eigenvalue weighted by atomic mass is 16.5. The molecule has 1 aromatic heterocycles. The fourth-order valence-electron chi connectivity index (χ4n) is 3.00. The largest absolute Gasteiger partial charge is 0.492 e. The molecule has 0 unspecified atom stereocenters. The van der Waals surface area contributed by atoms with Crippen LogP contribution in [0, 0.1) is 17.2 Å². The summed E-state index contributed by atoms with van der Waals surface area (Å²) in [5.41, 5.74) is 3.59. The van der Waals surface area contributed by atoms with Gasteiger partial charge in [-0.05, 0) is 30.2 Å². The van der Waals surface area contributed by atoms with Crippen molar-refractivity contribution in [1.29, 1.82) is 5.26 Å². The molecule has 164 valence electrons. The number of nitrogens with zero attached hydrogens (tertiary/aromatic N) is 5. The quantitative estimate of drug-likeness (QED) is 0.609. The van der Waals surface area contributed by atoms with Crippen LogP contribution < -0.4 is 15.2 Å². The summed E-state index contributed by atoms with van der Waals surface area (Å²) in [6.45, 7) is 9.44. The third-order valence-corrected chi connectivity index (χ3v) is 4.71. The first-order valence-corrected chi connectivity index (χ1v) is 10.4. The van der Waals surface area contributed by atoms with Crippen LogP contribution in [0.25, 0.3) is 0 Å². The maximum Gasteiger partial charge on any atom is 0.274 e. The first-order valence-electron chi connectivity index (χ1n) is 10.4. The summed E-state index contributed by atoms with van der Waals surface area (Å²) in [4.78, 5) is 23.5. The van der Waals surface area contributed by atoms with Crippen LogP contribution >= 0.6 is 0 Å². The molecule has 0 spiro atoms. The van der Waals surface area contributed by atoms with E-state index < -0.39 is 0 Å². The molecule has 2 heterocycles. The molecule has 1 aliphatic rings. The molecule has 9 heteroatoms. The number of aromatic nitrogens is 2. The minimum absolute atomic E-state index is 0.00524. The lowest BCUT2D eigenvalue weighted by Gasteiger charge is -2.26. The number of hydrazine groups is 1. The van der Waals surface area contributed by atoms with Gasteiger partial charge in [-0.1, -0.05) is 13.8 Å². The van der Waals surface area contributed by atoms with Gasteiger partial charge in [0.1, 0.15) is 18.4 Å². The SMILES string of the molecule is CC(C)CNN(C(=O)c1ccc(OCCN2CCOCC2)cc1)c1ccnc(C#N)n1. The summed E-state index contributed by atoms with van der Waals surface area (Å²) in [7, 11) is 0. The first-order chi connectivity index (χ1) is 15.1. The van der Waals surface area contributed by atoms with Gasteiger partial charge in [0.25, 0.3) is 5.91 Å². The normalized spacial score (nSPS) is 14.3. The Labute approximate surface area is 182 Å². The molecule has 1 fully saturated rings. The second-order valence-corrected chi connectivity index (χ2v) is 7.57. The molecule has 0 bridgehead atoms. The average Bonchev–Trinajstić information content (AvgIpc) is 2.80. The zero-order chi connectivity index (χ0) is 22.1. The zero-order valence-corrected chi connectivity index (χ0v) is 18.0. The highest BCUT2D eigenvalue weighted by molar-refractivity contribution is 6.05. The summed E-state index contributed by atoms with van der Waals surface area (Å²) in [5.74, 6) is 1.08. The molecule has 2 aromatic rings. The van der Waals surface area contributed by atoms with Crippen molar-refractivity contribution in [1.82, 2.24) is 20.3 Å². The predicted octanol–water partition coefficient (Wildman–Crippen LogP) is 1.87. The van der Waals surface area contributed by atoms with E-state index in [0.717, 1.165) is 32.8 Å². The van der Waals surface area contributed by atoms with E-state index in [1.54, 1.807) is 30.3 Å². The molecule has 9 nitrogen and oxygen atoms in total. The van der Waals surface area contributed by atoms with Crippen LogP contribution in [0.3, 0.4) is 0 Å². The van der Waals surface area contributed by atoms with Gasteiger partial charge in [-0.25, -0.2) is 15.4 Å². The molecule has 31 heavy (non-hydrogen) atoms. The van der Waals surface area contributed by atoms with E-state index in [1.807, 2.05) is 19.9 Å². The molecule has 3 rings (SSSR count). The Morgan fingerprint density at radius 2 is 2.03 bits per heavy atom. The van der Waals surface area contributed by atoms with Gasteiger partial charge in [-0.2, -0.15) is 10.2 Å². The minimum Gasteiger partial charge on any atom is -0.492 e. The Morgan fingerprint density at radius 3 is 2.71 bits per heavy atom. The Hall–Kier alpha value is -3.06. The third-order valence-electron chi connectivity index (χ3n) is 4.71. The summed E-state index contributed by atoms with van der Waals surface area (Å²) in [6.07, 6.45) is 1.46. The topological polar surface area (TPSA) is 104 Å². The summed E-state index contributed by atoms with van der Waals surface area (Å²) < 4.78 is 11.2. The zero-order valence-electron chi connectivity index (χ0n) is 18.0. The number of hydrogen-bond donors (Lipinski definition) is 1. The fourth-order valence-corrected chi connectivity index (χ4v) is 3.00. The predicted molar refractivity (Wildman–Crippen MR) is 116 cm³/mol. The Bertz CT molecular complexity index is 891. The Kier molecular flexibility index (Phi) is 8.29. The van der Waals surface area contributed by atoms with E-state index in [9.17, 15) is 4.79 Å². The van der Waals surface area contributed by atoms with Crippen LogP contribution in [0.15, 0.2) is 36.5 Å². The number of amides is 1. The average molecular weight is 425 g/mol. The van der Waals surface area contributed by atoms with Crippen LogP contribution in [0.2, 0.25) is 0 Å². The van der Waals surface area contributed by atoms with Gasteiger partial charge in [-0.15, -0.1) is 0 Å². The highest BCUT2D eigenvalue weighted by Crippen LogP contribution is 2.17. The number of carbonyl (C=O) groups is 1. The van der Waals surface area contributed by atoms with Gasteiger partial charge in [0.05, 0.1) is 13.2 Å². The number of ether oxygens (including phenoxy) is 2. The summed E-state index contributed by atoms with van der Waals surface area (Å²) >= 11 is 0. The third kappa shape index (κ3) is 6.72. The van der Waals surface area contributed by atoms with E-state index in [-0.39, 0.29) is 11.7 Å². The molecule has 1 amide bonds. The number of rotatable bonds is 9. The molecule has 0 saturated carbocycles. The molecule has 0 aliphatic carbocycles. The van der Waals surface area contributed by atoms with E-state index in [0.29, 0.717) is 36.2 Å². The van der Waals surface area contributed by atoms with Gasteiger partial charge in [0, 0.05) is 44.0 Å². The van der Waals surface area contributed by atoms with Crippen LogP contribution in [-0.4, -0.2) is 66.8 Å². The first kappa shape index (κ1) is 22.6. The van der Waals surface area contributed by atoms with Gasteiger partial charge < -0.3 is 9.47 Å². The maximum atomic E-state index is 13.2. The second-order valence-electron chi connectivity index (χ2n) is 7.57. The Balaban J connectivity index is 1.65. The van der Waals surface area contributed by atoms with E-state index in [2.05, 4.69) is 20.3 Å². The van der Waals surface area contributed by atoms with Crippen molar-refractivity contribution in [3.63, 3.8) is 0 Å². The second kappa shape index (κ2) is 11.4. The van der Waals surface area contributed by atoms with Crippen molar-refractivity contribution in [3.8, 4) is 11.8 Å². The van der Waals surface area contributed by atoms with Gasteiger partial charge in [-0.3, -0.25) is 9.69 Å². The molecule has 1 saturated heterocycles. The smallest absolute Gasteiger partial charge is 0.274 e. The van der Waals surface area contributed by atoms with Gasteiger partial charge in [0.15, 0.2) is 5.82 Å². The minimum atomic E-state index is -0.275. The van der Waals surface area contributed by atoms with Crippen molar-refractivity contribution < 1.29 is 14.3 Å². The van der Waals surface area contributed by atoms with Crippen LogP contribution in [0.5, 0.6) is 5.75 Å². The molecule has 1 aromatic carbocycles. The summed E-state index contributed by atoms with van der Waals surface area (Å²) in [5, 5.41) is 10.4.